The van der Waals surface area contributed by atoms with E-state index in [1.165, 1.54) is 0 Å². The predicted octanol–water partition coefficient (Wildman–Crippen LogP) is -1.01. The molecule has 0 saturated carbocycles. The van der Waals surface area contributed by atoms with Crippen molar-refractivity contribution in [1.29, 1.82) is 0 Å². The Morgan fingerprint density at radius 2 is 1.82 bits per heavy atom. The summed E-state index contributed by atoms with van der Waals surface area (Å²) in [5.74, 6) is -0.911. The first-order chi connectivity index (χ1) is 10.6. The van der Waals surface area contributed by atoms with Crippen LogP contribution in [0.25, 0.3) is 0 Å². The monoisotopic (exact) mass is 312 g/mol. The van der Waals surface area contributed by atoms with Gasteiger partial charge in [0.1, 0.15) is 0 Å². The highest BCUT2D eigenvalue weighted by molar-refractivity contribution is 6.35. The first-order valence-electron chi connectivity index (χ1n) is 8.11. The number of morpholine rings is 1. The first kappa shape index (κ1) is 17.2. The van der Waals surface area contributed by atoms with Gasteiger partial charge in [0.05, 0.1) is 13.2 Å². The van der Waals surface area contributed by atoms with Gasteiger partial charge < -0.3 is 19.9 Å². The number of nitrogens with one attached hydrogen (secondary N) is 1. The smallest absolute Gasteiger partial charge is 0.311 e. The highest BCUT2D eigenvalue weighted by Gasteiger charge is 2.27. The van der Waals surface area contributed by atoms with Gasteiger partial charge in [-0.25, -0.2) is 0 Å². The molecule has 0 aromatic carbocycles. The number of piperidine rings is 1. The fourth-order valence-electron chi connectivity index (χ4n) is 2.94. The Labute approximate surface area is 132 Å². The average molecular weight is 312 g/mol. The van der Waals surface area contributed by atoms with Crippen molar-refractivity contribution in [3.63, 3.8) is 0 Å². The molecule has 0 aromatic rings. The predicted molar refractivity (Wildman–Crippen MR) is 83.6 cm³/mol. The third-order valence-corrected chi connectivity index (χ3v) is 4.57. The Balaban J connectivity index is 1.68. The van der Waals surface area contributed by atoms with E-state index in [1.54, 1.807) is 11.9 Å². The van der Waals surface area contributed by atoms with Crippen molar-refractivity contribution in [2.24, 2.45) is 0 Å². The van der Waals surface area contributed by atoms with E-state index in [-0.39, 0.29) is 6.04 Å². The zero-order valence-corrected chi connectivity index (χ0v) is 13.7. The summed E-state index contributed by atoms with van der Waals surface area (Å²) in [6.45, 7) is 6.48. The summed E-state index contributed by atoms with van der Waals surface area (Å²) in [5.41, 5.74) is 0. The number of amides is 2. The Bertz CT molecular complexity index is 377. The van der Waals surface area contributed by atoms with Gasteiger partial charge in [-0.3, -0.25) is 14.5 Å². The lowest BCUT2D eigenvalue weighted by Crippen LogP contribution is -2.50. The van der Waals surface area contributed by atoms with Crippen molar-refractivity contribution >= 4 is 11.8 Å². The maximum atomic E-state index is 12.2. The molecule has 0 aromatic heterocycles. The van der Waals surface area contributed by atoms with Crippen LogP contribution in [0.5, 0.6) is 0 Å². The molecular weight excluding hydrogens is 284 g/mol. The summed E-state index contributed by atoms with van der Waals surface area (Å²) >= 11 is 0. The minimum absolute atomic E-state index is 0.175. The lowest BCUT2D eigenvalue weighted by atomic mass is 10.0. The van der Waals surface area contributed by atoms with E-state index in [0.29, 0.717) is 6.54 Å². The minimum Gasteiger partial charge on any atom is -0.379 e. The molecule has 7 nitrogen and oxygen atoms in total. The number of carbonyl (C=O) groups is 2. The van der Waals surface area contributed by atoms with Crippen molar-refractivity contribution in [2.45, 2.75) is 18.9 Å². The molecule has 2 aliphatic rings. The van der Waals surface area contributed by atoms with Gasteiger partial charge in [0, 0.05) is 39.3 Å². The number of ether oxygens (including phenoxy) is 1. The Kier molecular flexibility index (Phi) is 6.60. The van der Waals surface area contributed by atoms with Crippen LogP contribution in [0.1, 0.15) is 12.8 Å². The molecule has 22 heavy (non-hydrogen) atoms. The van der Waals surface area contributed by atoms with Gasteiger partial charge >= 0.3 is 11.8 Å². The van der Waals surface area contributed by atoms with Crippen LogP contribution < -0.4 is 5.32 Å². The minimum atomic E-state index is -0.491. The van der Waals surface area contributed by atoms with Crippen molar-refractivity contribution in [3.05, 3.63) is 0 Å². The van der Waals surface area contributed by atoms with Crippen molar-refractivity contribution in [1.82, 2.24) is 20.0 Å². The molecule has 0 unspecified atom stereocenters. The van der Waals surface area contributed by atoms with E-state index < -0.39 is 11.8 Å². The SMILES string of the molecule is CN1CCC(N(C)C(=O)C(=O)NCCN2CCOCC2)CC1. The van der Waals surface area contributed by atoms with Crippen LogP contribution in [0.15, 0.2) is 0 Å². The largest absolute Gasteiger partial charge is 0.379 e. The molecule has 1 N–H and O–H groups in total. The van der Waals surface area contributed by atoms with Crippen LogP contribution in [0, 0.1) is 0 Å². The normalized spacial score (nSPS) is 21.5. The van der Waals surface area contributed by atoms with Gasteiger partial charge in [0.15, 0.2) is 0 Å². The number of hydrogen-bond acceptors (Lipinski definition) is 5. The zero-order chi connectivity index (χ0) is 15.9. The molecule has 126 valence electrons. The van der Waals surface area contributed by atoms with Crippen molar-refractivity contribution < 1.29 is 14.3 Å². The molecule has 2 heterocycles. The van der Waals surface area contributed by atoms with Gasteiger partial charge in [0.25, 0.3) is 0 Å². The van der Waals surface area contributed by atoms with E-state index in [1.807, 2.05) is 0 Å². The lowest BCUT2D eigenvalue weighted by Gasteiger charge is -2.34. The van der Waals surface area contributed by atoms with Gasteiger partial charge in [-0.15, -0.1) is 0 Å². The highest BCUT2D eigenvalue weighted by atomic mass is 16.5. The maximum absolute atomic E-state index is 12.2. The summed E-state index contributed by atoms with van der Waals surface area (Å²) in [7, 11) is 3.82. The van der Waals surface area contributed by atoms with Gasteiger partial charge in [-0.05, 0) is 33.0 Å². The van der Waals surface area contributed by atoms with E-state index in [4.69, 9.17) is 4.74 Å². The molecule has 0 aliphatic carbocycles. The number of nitrogens with zero attached hydrogens (tertiary/aromatic N) is 3. The highest BCUT2D eigenvalue weighted by Crippen LogP contribution is 2.14. The summed E-state index contributed by atoms with van der Waals surface area (Å²) < 4.78 is 5.28. The van der Waals surface area contributed by atoms with Crippen LogP contribution in [0.3, 0.4) is 0 Å². The fraction of sp³-hybridized carbons (Fsp3) is 0.867. The number of hydrogen-bond donors (Lipinski definition) is 1. The van der Waals surface area contributed by atoms with E-state index in [9.17, 15) is 9.59 Å². The second kappa shape index (κ2) is 8.45. The summed E-state index contributed by atoms with van der Waals surface area (Å²) in [6, 6.07) is 0.175. The van der Waals surface area contributed by atoms with Gasteiger partial charge in [-0.2, -0.15) is 0 Å². The lowest BCUT2D eigenvalue weighted by molar-refractivity contribution is -0.146. The van der Waals surface area contributed by atoms with Crippen LogP contribution in [0.2, 0.25) is 0 Å². The third-order valence-electron chi connectivity index (χ3n) is 4.57. The molecule has 0 atom stereocenters. The molecule has 2 amide bonds. The quantitative estimate of drug-likeness (QED) is 0.674. The van der Waals surface area contributed by atoms with E-state index >= 15 is 0 Å². The molecule has 0 spiro atoms. The number of rotatable bonds is 4. The second-order valence-electron chi connectivity index (χ2n) is 6.16. The summed E-state index contributed by atoms with van der Waals surface area (Å²) in [4.78, 5) is 30.2. The first-order valence-corrected chi connectivity index (χ1v) is 8.11. The molecule has 7 heteroatoms. The van der Waals surface area contributed by atoms with E-state index in [2.05, 4.69) is 22.2 Å². The molecular formula is C15H28N4O3. The fourth-order valence-corrected chi connectivity index (χ4v) is 2.94. The van der Waals surface area contributed by atoms with Crippen LogP contribution >= 0.6 is 0 Å². The van der Waals surface area contributed by atoms with Gasteiger partial charge in [0.2, 0.25) is 0 Å². The number of carbonyl (C=O) groups excluding carboxylic acids is 2. The van der Waals surface area contributed by atoms with Gasteiger partial charge in [-0.1, -0.05) is 0 Å². The topological polar surface area (TPSA) is 65.1 Å². The van der Waals surface area contributed by atoms with Crippen molar-refractivity contribution in [3.8, 4) is 0 Å². The third kappa shape index (κ3) is 4.93. The standard InChI is InChI=1S/C15H28N4O3/c1-17-6-3-13(4-7-17)18(2)15(21)14(20)16-5-8-19-9-11-22-12-10-19/h13H,3-12H2,1-2H3,(H,16,20). The Morgan fingerprint density at radius 3 is 2.45 bits per heavy atom. The van der Waals surface area contributed by atoms with E-state index in [0.717, 1.165) is 58.8 Å². The molecule has 0 radical (unpaired) electrons. The number of likely N-dealkylation sites (N-methyl/N-ethyl adjacent to an activating group) is 1. The molecule has 2 fully saturated rings. The van der Waals surface area contributed by atoms with Crippen LogP contribution in [-0.4, -0.2) is 99.1 Å². The van der Waals surface area contributed by atoms with Crippen LogP contribution in [0.4, 0.5) is 0 Å². The average Bonchev–Trinajstić information content (AvgIpc) is 2.55. The maximum Gasteiger partial charge on any atom is 0.311 e. The molecule has 0 bridgehead atoms. The van der Waals surface area contributed by atoms with Crippen LogP contribution in [-0.2, 0) is 14.3 Å². The molecule has 2 saturated heterocycles. The molecule has 2 rings (SSSR count). The summed E-state index contributed by atoms with van der Waals surface area (Å²) in [5, 5.41) is 2.74. The molecule has 2 aliphatic heterocycles. The second-order valence-corrected chi connectivity index (χ2v) is 6.16. The summed E-state index contributed by atoms with van der Waals surface area (Å²) in [6.07, 6.45) is 1.86. The Morgan fingerprint density at radius 1 is 1.18 bits per heavy atom. The number of likely N-dealkylation sites (tertiary alicyclic amines) is 1. The van der Waals surface area contributed by atoms with Crippen molar-refractivity contribution in [2.75, 3.05) is 66.6 Å². The Hall–Kier alpha value is -1.18. The zero-order valence-electron chi connectivity index (χ0n) is 13.7.